The first-order valence-electron chi connectivity index (χ1n) is 6.11. The molecular formula is C15H13FN2O2S. The molecule has 6 heteroatoms. The van der Waals surface area contributed by atoms with Crippen LogP contribution in [0.25, 0.3) is 0 Å². The Morgan fingerprint density at radius 1 is 1.14 bits per heavy atom. The molecule has 0 saturated heterocycles. The van der Waals surface area contributed by atoms with Crippen LogP contribution in [0.1, 0.15) is 10.4 Å². The summed E-state index contributed by atoms with van der Waals surface area (Å²) in [5.74, 6) is -0.836. The lowest BCUT2D eigenvalue weighted by Crippen LogP contribution is -2.20. The van der Waals surface area contributed by atoms with Gasteiger partial charge in [0.05, 0.1) is 18.4 Å². The van der Waals surface area contributed by atoms with E-state index in [0.29, 0.717) is 11.3 Å². The topological polar surface area (TPSA) is 50.4 Å². The summed E-state index contributed by atoms with van der Waals surface area (Å²) in [5.41, 5.74) is 1.28. The Morgan fingerprint density at radius 3 is 2.62 bits per heavy atom. The Bertz CT molecular complexity index is 676. The molecule has 0 aliphatic heterocycles. The fourth-order valence-electron chi connectivity index (χ4n) is 1.69. The van der Waals surface area contributed by atoms with Crippen molar-refractivity contribution in [2.75, 3.05) is 17.7 Å². The van der Waals surface area contributed by atoms with E-state index >= 15 is 0 Å². The summed E-state index contributed by atoms with van der Waals surface area (Å²) in [7, 11) is 1.31. The molecule has 2 aromatic rings. The van der Waals surface area contributed by atoms with Crippen molar-refractivity contribution in [3.8, 4) is 0 Å². The number of rotatable bonds is 3. The molecule has 0 heterocycles. The number of carbonyl (C=O) groups excluding carboxylic acids is 1. The number of methoxy groups -OCH3 is 1. The molecule has 0 aliphatic carbocycles. The zero-order valence-electron chi connectivity index (χ0n) is 11.2. The van der Waals surface area contributed by atoms with E-state index in [-0.39, 0.29) is 10.8 Å². The molecule has 0 unspecified atom stereocenters. The van der Waals surface area contributed by atoms with Gasteiger partial charge in [0.2, 0.25) is 0 Å². The van der Waals surface area contributed by atoms with Gasteiger partial charge in [-0.15, -0.1) is 0 Å². The zero-order valence-corrected chi connectivity index (χ0v) is 12.0. The highest BCUT2D eigenvalue weighted by molar-refractivity contribution is 7.80. The fraction of sp³-hybridized carbons (Fsp3) is 0.0667. The number of para-hydroxylation sites is 1. The minimum atomic E-state index is -0.438. The van der Waals surface area contributed by atoms with Crippen molar-refractivity contribution in [3.05, 3.63) is 59.9 Å². The zero-order chi connectivity index (χ0) is 15.2. The molecule has 0 atom stereocenters. The number of hydrogen-bond acceptors (Lipinski definition) is 3. The second kappa shape index (κ2) is 6.81. The maximum absolute atomic E-state index is 13.5. The summed E-state index contributed by atoms with van der Waals surface area (Å²) >= 11 is 5.11. The highest BCUT2D eigenvalue weighted by atomic mass is 32.1. The number of esters is 1. The average molecular weight is 304 g/mol. The first-order valence-corrected chi connectivity index (χ1v) is 6.52. The van der Waals surface area contributed by atoms with E-state index in [1.165, 1.54) is 13.2 Å². The average Bonchev–Trinajstić information content (AvgIpc) is 2.49. The van der Waals surface area contributed by atoms with E-state index in [9.17, 15) is 9.18 Å². The quantitative estimate of drug-likeness (QED) is 0.672. The van der Waals surface area contributed by atoms with Crippen LogP contribution in [0.2, 0.25) is 0 Å². The van der Waals surface area contributed by atoms with Crippen LogP contribution in [0.5, 0.6) is 0 Å². The third kappa shape index (κ3) is 4.00. The van der Waals surface area contributed by atoms with Gasteiger partial charge in [-0.3, -0.25) is 0 Å². The molecule has 0 bridgehead atoms. The first-order chi connectivity index (χ1) is 10.1. The smallest absolute Gasteiger partial charge is 0.337 e. The molecule has 0 fully saturated rings. The van der Waals surface area contributed by atoms with E-state index in [1.807, 2.05) is 0 Å². The van der Waals surface area contributed by atoms with E-state index in [2.05, 4.69) is 15.4 Å². The van der Waals surface area contributed by atoms with Crippen molar-refractivity contribution in [2.45, 2.75) is 0 Å². The van der Waals surface area contributed by atoms with Gasteiger partial charge in [0.25, 0.3) is 0 Å². The number of carbonyl (C=O) groups is 1. The molecule has 0 amide bonds. The number of hydrogen-bond donors (Lipinski definition) is 2. The van der Waals surface area contributed by atoms with Gasteiger partial charge in [0, 0.05) is 5.69 Å². The molecular weight excluding hydrogens is 291 g/mol. The Hall–Kier alpha value is -2.47. The molecule has 2 aromatic carbocycles. The Kier molecular flexibility index (Phi) is 4.84. The van der Waals surface area contributed by atoms with Crippen LogP contribution in [-0.4, -0.2) is 18.2 Å². The first kappa shape index (κ1) is 14.9. The molecule has 0 saturated carbocycles. The van der Waals surface area contributed by atoms with E-state index in [1.54, 1.807) is 42.5 Å². The number of benzene rings is 2. The predicted octanol–water partition coefficient (Wildman–Crippen LogP) is 3.42. The molecule has 0 spiro atoms. The maximum Gasteiger partial charge on any atom is 0.337 e. The number of thiocarbonyl (C=S) groups is 1. The van der Waals surface area contributed by atoms with Gasteiger partial charge in [-0.05, 0) is 42.5 Å². The SMILES string of the molecule is COC(=O)c1cccc(NC(=S)Nc2ccccc2F)c1. The van der Waals surface area contributed by atoms with Gasteiger partial charge in [-0.25, -0.2) is 9.18 Å². The fourth-order valence-corrected chi connectivity index (χ4v) is 1.92. The van der Waals surface area contributed by atoms with Crippen molar-refractivity contribution in [2.24, 2.45) is 0 Å². The van der Waals surface area contributed by atoms with Crippen molar-refractivity contribution in [3.63, 3.8) is 0 Å². The molecule has 21 heavy (non-hydrogen) atoms. The highest BCUT2D eigenvalue weighted by Gasteiger charge is 2.07. The Balaban J connectivity index is 2.06. The van der Waals surface area contributed by atoms with Gasteiger partial charge in [0.1, 0.15) is 5.82 Å². The molecule has 2 rings (SSSR count). The van der Waals surface area contributed by atoms with E-state index in [4.69, 9.17) is 12.2 Å². The van der Waals surface area contributed by atoms with Crippen molar-refractivity contribution in [1.29, 1.82) is 0 Å². The molecule has 108 valence electrons. The Morgan fingerprint density at radius 2 is 1.90 bits per heavy atom. The van der Waals surface area contributed by atoms with Gasteiger partial charge in [-0.1, -0.05) is 18.2 Å². The third-order valence-corrected chi connectivity index (χ3v) is 2.87. The second-order valence-corrected chi connectivity index (χ2v) is 4.54. The number of nitrogens with one attached hydrogen (secondary N) is 2. The lowest BCUT2D eigenvalue weighted by Gasteiger charge is -2.11. The van der Waals surface area contributed by atoms with Crippen LogP contribution in [0, 0.1) is 5.82 Å². The van der Waals surface area contributed by atoms with Gasteiger partial charge >= 0.3 is 5.97 Å². The van der Waals surface area contributed by atoms with Gasteiger partial charge < -0.3 is 15.4 Å². The lowest BCUT2D eigenvalue weighted by molar-refractivity contribution is 0.0601. The maximum atomic E-state index is 13.5. The van der Waals surface area contributed by atoms with Crippen LogP contribution in [0.3, 0.4) is 0 Å². The highest BCUT2D eigenvalue weighted by Crippen LogP contribution is 2.15. The van der Waals surface area contributed by atoms with E-state index < -0.39 is 11.8 Å². The number of anilines is 2. The number of halogens is 1. The van der Waals surface area contributed by atoms with Crippen molar-refractivity contribution >= 4 is 34.7 Å². The lowest BCUT2D eigenvalue weighted by atomic mass is 10.2. The standard InChI is InChI=1S/C15H13FN2O2S/c1-20-14(19)10-5-4-6-11(9-10)17-15(21)18-13-8-3-2-7-12(13)16/h2-9H,1H3,(H2,17,18,21). The molecule has 0 aromatic heterocycles. The van der Waals surface area contributed by atoms with Gasteiger partial charge in [0.15, 0.2) is 5.11 Å². The molecule has 4 nitrogen and oxygen atoms in total. The second-order valence-electron chi connectivity index (χ2n) is 4.13. The van der Waals surface area contributed by atoms with Gasteiger partial charge in [-0.2, -0.15) is 0 Å². The monoisotopic (exact) mass is 304 g/mol. The van der Waals surface area contributed by atoms with Crippen LogP contribution in [-0.2, 0) is 4.74 Å². The molecule has 2 N–H and O–H groups in total. The largest absolute Gasteiger partial charge is 0.465 e. The summed E-state index contributed by atoms with van der Waals surface area (Å²) in [6.45, 7) is 0. The van der Waals surface area contributed by atoms with E-state index in [0.717, 1.165) is 0 Å². The summed E-state index contributed by atoms with van der Waals surface area (Å²) in [6, 6.07) is 12.9. The van der Waals surface area contributed by atoms with Crippen LogP contribution in [0.15, 0.2) is 48.5 Å². The van der Waals surface area contributed by atoms with Crippen LogP contribution in [0.4, 0.5) is 15.8 Å². The minimum Gasteiger partial charge on any atom is -0.465 e. The number of ether oxygens (including phenoxy) is 1. The minimum absolute atomic E-state index is 0.224. The molecule has 0 radical (unpaired) electrons. The summed E-state index contributed by atoms with van der Waals surface area (Å²) in [4.78, 5) is 11.4. The van der Waals surface area contributed by atoms with Crippen molar-refractivity contribution in [1.82, 2.24) is 0 Å². The summed E-state index contributed by atoms with van der Waals surface area (Å²) in [5, 5.41) is 5.86. The molecule has 0 aliphatic rings. The predicted molar refractivity (Wildman–Crippen MR) is 84.0 cm³/mol. The van der Waals surface area contributed by atoms with Crippen LogP contribution < -0.4 is 10.6 Å². The van der Waals surface area contributed by atoms with Crippen molar-refractivity contribution < 1.29 is 13.9 Å². The summed E-state index contributed by atoms with van der Waals surface area (Å²) < 4.78 is 18.1. The third-order valence-electron chi connectivity index (χ3n) is 2.66. The summed E-state index contributed by atoms with van der Waals surface area (Å²) in [6.07, 6.45) is 0. The Labute approximate surface area is 126 Å². The normalized spacial score (nSPS) is 9.81. The van der Waals surface area contributed by atoms with Crippen LogP contribution >= 0.6 is 12.2 Å².